The molecule has 0 bridgehead atoms. The van der Waals surface area contributed by atoms with Crippen LogP contribution in [-0.2, 0) is 14.3 Å². The van der Waals surface area contributed by atoms with Gasteiger partial charge in [-0.3, -0.25) is 9.78 Å². The highest BCUT2D eigenvalue weighted by Gasteiger charge is 2.22. The number of pyridine rings is 1. The number of hydrogen-bond donors (Lipinski definition) is 1. The van der Waals surface area contributed by atoms with E-state index < -0.39 is 23.7 Å². The van der Waals surface area contributed by atoms with Crippen molar-refractivity contribution >= 4 is 33.9 Å². The van der Waals surface area contributed by atoms with Gasteiger partial charge in [-0.1, -0.05) is 34.1 Å². The van der Waals surface area contributed by atoms with E-state index in [-0.39, 0.29) is 5.75 Å². The van der Waals surface area contributed by atoms with Crippen LogP contribution in [0.25, 0.3) is 6.08 Å². The monoisotopic (exact) mass is 484 g/mol. The Balaban J connectivity index is 1.68. The average molecular weight is 485 g/mol. The fourth-order valence-electron chi connectivity index (χ4n) is 2.65. The van der Waals surface area contributed by atoms with Crippen molar-refractivity contribution in [3.05, 3.63) is 94.5 Å². The number of benzene rings is 2. The molecule has 2 aromatic carbocycles. The fraction of sp³-hybridized carbons (Fsp3) is 0.0870. The van der Waals surface area contributed by atoms with Crippen LogP contribution < -0.4 is 10.1 Å². The van der Waals surface area contributed by atoms with Crippen molar-refractivity contribution in [1.29, 1.82) is 0 Å². The molecular weight excluding hydrogens is 467 g/mol. The first kappa shape index (κ1) is 22.2. The first-order chi connectivity index (χ1) is 15.0. The smallest absolute Gasteiger partial charge is 0.333 e. The van der Waals surface area contributed by atoms with E-state index in [9.17, 15) is 14.0 Å². The number of amides is 1. The number of nitrogens with zero attached hydrogens (tertiary/aromatic N) is 1. The van der Waals surface area contributed by atoms with E-state index >= 15 is 0 Å². The van der Waals surface area contributed by atoms with Gasteiger partial charge in [0.1, 0.15) is 5.75 Å². The summed E-state index contributed by atoms with van der Waals surface area (Å²) in [4.78, 5) is 28.3. The molecule has 1 amide bonds. The lowest BCUT2D eigenvalue weighted by Gasteiger charge is -2.16. The third-order valence-corrected chi connectivity index (χ3v) is 4.70. The molecule has 0 saturated carbocycles. The third-order valence-electron chi connectivity index (χ3n) is 4.17. The van der Waals surface area contributed by atoms with E-state index in [1.807, 2.05) is 0 Å². The number of halogens is 2. The highest BCUT2D eigenvalue weighted by atomic mass is 79.9. The Labute approximate surface area is 186 Å². The van der Waals surface area contributed by atoms with Crippen LogP contribution in [0.4, 0.5) is 4.39 Å². The SMILES string of the molecule is COC(=O)C(NC(=O)/C=C/c1ccc(Oc2cccnc2)c(F)c1)c1ccc(Br)cc1. The molecule has 1 N–H and O–H groups in total. The zero-order valence-electron chi connectivity index (χ0n) is 16.4. The summed E-state index contributed by atoms with van der Waals surface area (Å²) in [5.74, 6) is -1.28. The molecule has 0 aliphatic carbocycles. The van der Waals surface area contributed by atoms with Gasteiger partial charge in [-0.2, -0.15) is 0 Å². The second-order valence-electron chi connectivity index (χ2n) is 6.33. The molecule has 0 saturated heterocycles. The molecular formula is C23H18BrFN2O4. The number of methoxy groups -OCH3 is 1. The molecule has 8 heteroatoms. The maximum absolute atomic E-state index is 14.3. The standard InChI is InChI=1S/C23H18BrFN2O4/c1-30-23(29)22(16-6-8-17(24)9-7-16)27-21(28)11-5-15-4-10-20(19(25)13-15)31-18-3-2-12-26-14-18/h2-14,22H,1H3,(H,27,28)/b11-5+. The largest absolute Gasteiger partial charge is 0.467 e. The molecule has 6 nitrogen and oxygen atoms in total. The number of aromatic nitrogens is 1. The fourth-order valence-corrected chi connectivity index (χ4v) is 2.92. The van der Waals surface area contributed by atoms with Crippen LogP contribution >= 0.6 is 15.9 Å². The zero-order chi connectivity index (χ0) is 22.2. The lowest BCUT2D eigenvalue weighted by atomic mass is 10.1. The van der Waals surface area contributed by atoms with Crippen molar-refractivity contribution in [1.82, 2.24) is 10.3 Å². The van der Waals surface area contributed by atoms with Crippen molar-refractivity contribution in [2.45, 2.75) is 6.04 Å². The summed E-state index contributed by atoms with van der Waals surface area (Å²) >= 11 is 3.32. The second-order valence-corrected chi connectivity index (χ2v) is 7.25. The van der Waals surface area contributed by atoms with Gasteiger partial charge in [-0.15, -0.1) is 0 Å². The lowest BCUT2D eigenvalue weighted by Crippen LogP contribution is -2.33. The van der Waals surface area contributed by atoms with Gasteiger partial charge in [0.25, 0.3) is 0 Å². The molecule has 0 fully saturated rings. The van der Waals surface area contributed by atoms with Gasteiger partial charge in [0, 0.05) is 16.7 Å². The first-order valence-electron chi connectivity index (χ1n) is 9.15. The van der Waals surface area contributed by atoms with E-state index in [2.05, 4.69) is 26.2 Å². The normalized spacial score (nSPS) is 11.7. The number of hydrogen-bond acceptors (Lipinski definition) is 5. The summed E-state index contributed by atoms with van der Waals surface area (Å²) in [6.07, 6.45) is 5.71. The number of carbonyl (C=O) groups excluding carboxylic acids is 2. The topological polar surface area (TPSA) is 77.5 Å². The molecule has 158 valence electrons. The highest BCUT2D eigenvalue weighted by molar-refractivity contribution is 9.10. The molecule has 3 aromatic rings. The van der Waals surface area contributed by atoms with E-state index in [4.69, 9.17) is 9.47 Å². The summed E-state index contributed by atoms with van der Waals surface area (Å²) < 4.78 is 25.4. The molecule has 1 unspecified atom stereocenters. The van der Waals surface area contributed by atoms with Crippen molar-refractivity contribution in [3.8, 4) is 11.5 Å². The Hall–Kier alpha value is -3.52. The van der Waals surface area contributed by atoms with Crippen LogP contribution in [0.15, 0.2) is 77.5 Å². The Kier molecular flexibility index (Phi) is 7.50. The predicted octanol–water partition coefficient (Wildman–Crippen LogP) is 4.82. The van der Waals surface area contributed by atoms with E-state index in [1.54, 1.807) is 48.7 Å². The Morgan fingerprint density at radius 3 is 2.58 bits per heavy atom. The second kappa shape index (κ2) is 10.5. The van der Waals surface area contributed by atoms with Gasteiger partial charge in [0.15, 0.2) is 17.6 Å². The van der Waals surface area contributed by atoms with Crippen molar-refractivity contribution < 1.29 is 23.5 Å². The van der Waals surface area contributed by atoms with Gasteiger partial charge in [-0.25, -0.2) is 9.18 Å². The molecule has 1 atom stereocenters. The minimum Gasteiger partial charge on any atom is -0.467 e. The Bertz CT molecular complexity index is 1090. The van der Waals surface area contributed by atoms with E-state index in [0.29, 0.717) is 16.9 Å². The van der Waals surface area contributed by atoms with Crippen LogP contribution in [0.5, 0.6) is 11.5 Å². The maximum atomic E-state index is 14.3. The van der Waals surface area contributed by atoms with Crippen LogP contribution in [0.2, 0.25) is 0 Å². The molecule has 31 heavy (non-hydrogen) atoms. The number of ether oxygens (including phenoxy) is 2. The summed E-state index contributed by atoms with van der Waals surface area (Å²) in [6.45, 7) is 0. The molecule has 1 heterocycles. The summed E-state index contributed by atoms with van der Waals surface area (Å²) in [5.41, 5.74) is 1.02. The van der Waals surface area contributed by atoms with Crippen molar-refractivity contribution in [2.75, 3.05) is 7.11 Å². The molecule has 0 radical (unpaired) electrons. The number of esters is 1. The van der Waals surface area contributed by atoms with Crippen molar-refractivity contribution in [3.63, 3.8) is 0 Å². The molecule has 1 aromatic heterocycles. The Morgan fingerprint density at radius 2 is 1.94 bits per heavy atom. The predicted molar refractivity (Wildman–Crippen MR) is 117 cm³/mol. The van der Waals surface area contributed by atoms with E-state index in [0.717, 1.165) is 4.47 Å². The quantitative estimate of drug-likeness (QED) is 0.384. The number of nitrogens with one attached hydrogen (secondary N) is 1. The average Bonchev–Trinajstić information content (AvgIpc) is 2.78. The minimum absolute atomic E-state index is 0.0376. The molecule has 0 aliphatic heterocycles. The summed E-state index contributed by atoms with van der Waals surface area (Å²) in [7, 11) is 1.24. The molecule has 0 aliphatic rings. The van der Waals surface area contributed by atoms with Crippen LogP contribution in [0.1, 0.15) is 17.2 Å². The Morgan fingerprint density at radius 1 is 1.16 bits per heavy atom. The lowest BCUT2D eigenvalue weighted by molar-refractivity contribution is -0.144. The van der Waals surface area contributed by atoms with Gasteiger partial charge in [0.2, 0.25) is 5.91 Å². The minimum atomic E-state index is -0.970. The zero-order valence-corrected chi connectivity index (χ0v) is 18.0. The van der Waals surface area contributed by atoms with Gasteiger partial charge < -0.3 is 14.8 Å². The summed E-state index contributed by atoms with van der Waals surface area (Å²) in [5, 5.41) is 2.59. The first-order valence-corrected chi connectivity index (χ1v) is 9.95. The van der Waals surface area contributed by atoms with Crippen LogP contribution in [-0.4, -0.2) is 24.0 Å². The van der Waals surface area contributed by atoms with Crippen molar-refractivity contribution in [2.24, 2.45) is 0 Å². The molecule has 0 spiro atoms. The third kappa shape index (κ3) is 6.23. The van der Waals surface area contributed by atoms with E-state index in [1.165, 1.54) is 37.6 Å². The maximum Gasteiger partial charge on any atom is 0.333 e. The van der Waals surface area contributed by atoms with Crippen LogP contribution in [0, 0.1) is 5.82 Å². The van der Waals surface area contributed by atoms with Crippen LogP contribution in [0.3, 0.4) is 0 Å². The van der Waals surface area contributed by atoms with Gasteiger partial charge >= 0.3 is 5.97 Å². The van der Waals surface area contributed by atoms with Gasteiger partial charge in [-0.05, 0) is 53.6 Å². The highest BCUT2D eigenvalue weighted by Crippen LogP contribution is 2.25. The molecule has 3 rings (SSSR count). The number of rotatable bonds is 7. The summed E-state index contributed by atoms with van der Waals surface area (Å²) in [6, 6.07) is 13.6. The number of carbonyl (C=O) groups is 2. The van der Waals surface area contributed by atoms with Gasteiger partial charge in [0.05, 0.1) is 13.3 Å².